The molecule has 1 aromatic rings. The molecule has 0 atom stereocenters. The topological polar surface area (TPSA) is 33.1 Å². The van der Waals surface area contributed by atoms with Gasteiger partial charge in [0.05, 0.1) is 10.7 Å². The molecule has 3 heteroatoms. The lowest BCUT2D eigenvalue weighted by atomic mass is 9.80. The SMILES string of the molecule is CCCCC1CCC(c2nc(CCO)cs2)CC1. The quantitative estimate of drug-likeness (QED) is 0.840. The Balaban J connectivity index is 1.81. The van der Waals surface area contributed by atoms with Gasteiger partial charge >= 0.3 is 0 Å². The first-order chi connectivity index (χ1) is 8.83. The minimum Gasteiger partial charge on any atom is -0.396 e. The van der Waals surface area contributed by atoms with Crippen molar-refractivity contribution < 1.29 is 5.11 Å². The van der Waals surface area contributed by atoms with E-state index in [1.54, 1.807) is 11.3 Å². The van der Waals surface area contributed by atoms with E-state index >= 15 is 0 Å². The summed E-state index contributed by atoms with van der Waals surface area (Å²) in [5.41, 5.74) is 1.07. The highest BCUT2D eigenvalue weighted by Crippen LogP contribution is 2.38. The van der Waals surface area contributed by atoms with Crippen molar-refractivity contribution >= 4 is 11.3 Å². The second kappa shape index (κ2) is 7.25. The maximum atomic E-state index is 8.92. The number of thiazole rings is 1. The third-order valence-corrected chi connectivity index (χ3v) is 5.16. The Morgan fingerprint density at radius 3 is 2.78 bits per heavy atom. The van der Waals surface area contributed by atoms with Gasteiger partial charge in [0.25, 0.3) is 0 Å². The molecule has 0 spiro atoms. The molecule has 1 aliphatic carbocycles. The van der Waals surface area contributed by atoms with Crippen LogP contribution in [0.5, 0.6) is 0 Å². The summed E-state index contributed by atoms with van der Waals surface area (Å²) in [4.78, 5) is 4.67. The molecule has 1 saturated carbocycles. The van der Waals surface area contributed by atoms with Crippen LogP contribution in [0.15, 0.2) is 5.38 Å². The Labute approximate surface area is 114 Å². The predicted molar refractivity (Wildman–Crippen MR) is 77.1 cm³/mol. The van der Waals surface area contributed by atoms with Crippen molar-refractivity contribution in [3.8, 4) is 0 Å². The van der Waals surface area contributed by atoms with Gasteiger partial charge in [-0.1, -0.05) is 26.2 Å². The first-order valence-electron chi connectivity index (χ1n) is 7.38. The van der Waals surface area contributed by atoms with Gasteiger partial charge in [0.1, 0.15) is 0 Å². The van der Waals surface area contributed by atoms with E-state index in [4.69, 9.17) is 5.11 Å². The summed E-state index contributed by atoms with van der Waals surface area (Å²) in [5.74, 6) is 1.67. The predicted octanol–water partition coefficient (Wildman–Crippen LogP) is 4.14. The molecule has 102 valence electrons. The van der Waals surface area contributed by atoms with Gasteiger partial charge in [-0.25, -0.2) is 4.98 Å². The van der Waals surface area contributed by atoms with Gasteiger partial charge in [0, 0.05) is 24.3 Å². The molecule has 18 heavy (non-hydrogen) atoms. The first kappa shape index (κ1) is 14.0. The second-order valence-electron chi connectivity index (χ2n) is 5.51. The van der Waals surface area contributed by atoms with Gasteiger partial charge in [-0.15, -0.1) is 11.3 Å². The van der Waals surface area contributed by atoms with Crippen molar-refractivity contribution in [2.75, 3.05) is 6.61 Å². The normalized spacial score (nSPS) is 24.3. The zero-order valence-electron chi connectivity index (χ0n) is 11.4. The molecular weight excluding hydrogens is 242 g/mol. The van der Waals surface area contributed by atoms with Crippen molar-refractivity contribution in [1.82, 2.24) is 4.98 Å². The van der Waals surface area contributed by atoms with Crippen LogP contribution in [-0.2, 0) is 6.42 Å². The van der Waals surface area contributed by atoms with Crippen LogP contribution in [-0.4, -0.2) is 16.7 Å². The van der Waals surface area contributed by atoms with E-state index in [0.29, 0.717) is 12.3 Å². The molecular formula is C15H25NOS. The molecule has 1 aromatic heterocycles. The minimum absolute atomic E-state index is 0.215. The van der Waals surface area contributed by atoms with Crippen LogP contribution >= 0.6 is 11.3 Å². The van der Waals surface area contributed by atoms with Crippen LogP contribution in [0, 0.1) is 5.92 Å². The molecule has 1 aliphatic rings. The molecule has 1 N–H and O–H groups in total. The Morgan fingerprint density at radius 2 is 2.11 bits per heavy atom. The molecule has 2 rings (SSSR count). The molecule has 1 heterocycles. The summed E-state index contributed by atoms with van der Waals surface area (Å²) in [6.45, 7) is 2.50. The van der Waals surface area contributed by atoms with E-state index in [9.17, 15) is 0 Å². The smallest absolute Gasteiger partial charge is 0.0959 e. The monoisotopic (exact) mass is 267 g/mol. The summed E-state index contributed by atoms with van der Waals surface area (Å²) in [5, 5.41) is 12.4. The molecule has 0 unspecified atom stereocenters. The largest absolute Gasteiger partial charge is 0.396 e. The van der Waals surface area contributed by atoms with Crippen LogP contribution in [0.2, 0.25) is 0 Å². The van der Waals surface area contributed by atoms with Crippen molar-refractivity contribution in [3.05, 3.63) is 16.1 Å². The van der Waals surface area contributed by atoms with E-state index in [1.807, 2.05) is 0 Å². The third kappa shape index (κ3) is 3.79. The van der Waals surface area contributed by atoms with E-state index < -0.39 is 0 Å². The lowest BCUT2D eigenvalue weighted by molar-refractivity contribution is 0.296. The van der Waals surface area contributed by atoms with E-state index in [2.05, 4.69) is 17.3 Å². The molecule has 0 amide bonds. The molecule has 0 radical (unpaired) electrons. The fourth-order valence-corrected chi connectivity index (χ4v) is 3.96. The van der Waals surface area contributed by atoms with E-state index in [0.717, 1.165) is 11.6 Å². The van der Waals surface area contributed by atoms with Crippen LogP contribution in [0.3, 0.4) is 0 Å². The zero-order chi connectivity index (χ0) is 12.8. The van der Waals surface area contributed by atoms with Crippen LogP contribution in [0.1, 0.15) is 68.5 Å². The lowest BCUT2D eigenvalue weighted by Crippen LogP contribution is -2.13. The summed E-state index contributed by atoms with van der Waals surface area (Å²) in [6.07, 6.45) is 10.3. The van der Waals surface area contributed by atoms with E-state index in [-0.39, 0.29) is 6.61 Å². The molecule has 0 bridgehead atoms. The minimum atomic E-state index is 0.215. The number of rotatable bonds is 6. The fourth-order valence-electron chi connectivity index (χ4n) is 2.93. The number of unbranched alkanes of at least 4 members (excludes halogenated alkanes) is 1. The van der Waals surface area contributed by atoms with Gasteiger partial charge in [0.15, 0.2) is 0 Å². The fraction of sp³-hybridized carbons (Fsp3) is 0.800. The van der Waals surface area contributed by atoms with Crippen LogP contribution < -0.4 is 0 Å². The Bertz CT molecular complexity index is 342. The lowest BCUT2D eigenvalue weighted by Gasteiger charge is -2.27. The van der Waals surface area contributed by atoms with Gasteiger partial charge in [-0.2, -0.15) is 0 Å². The molecule has 0 aliphatic heterocycles. The number of hydrogen-bond acceptors (Lipinski definition) is 3. The molecule has 0 saturated heterocycles. The Hall–Kier alpha value is -0.410. The zero-order valence-corrected chi connectivity index (χ0v) is 12.2. The number of nitrogens with zero attached hydrogens (tertiary/aromatic N) is 1. The molecule has 0 aromatic carbocycles. The summed E-state index contributed by atoms with van der Waals surface area (Å²) < 4.78 is 0. The van der Waals surface area contributed by atoms with Crippen molar-refractivity contribution in [2.45, 2.75) is 64.2 Å². The average Bonchev–Trinajstić information content (AvgIpc) is 2.86. The first-order valence-corrected chi connectivity index (χ1v) is 8.26. The summed E-state index contributed by atoms with van der Waals surface area (Å²) in [7, 11) is 0. The van der Waals surface area contributed by atoms with Gasteiger partial charge < -0.3 is 5.11 Å². The summed E-state index contributed by atoms with van der Waals surface area (Å²) in [6, 6.07) is 0. The molecule has 2 nitrogen and oxygen atoms in total. The Morgan fingerprint density at radius 1 is 1.33 bits per heavy atom. The maximum Gasteiger partial charge on any atom is 0.0959 e. The third-order valence-electron chi connectivity index (χ3n) is 4.10. The highest BCUT2D eigenvalue weighted by atomic mass is 32.1. The number of aliphatic hydroxyl groups excluding tert-OH is 1. The average molecular weight is 267 g/mol. The highest BCUT2D eigenvalue weighted by Gasteiger charge is 2.23. The van der Waals surface area contributed by atoms with Gasteiger partial charge in [-0.05, 0) is 31.6 Å². The van der Waals surface area contributed by atoms with E-state index in [1.165, 1.54) is 50.0 Å². The number of aromatic nitrogens is 1. The number of aliphatic hydroxyl groups is 1. The van der Waals surface area contributed by atoms with Crippen LogP contribution in [0.25, 0.3) is 0 Å². The summed E-state index contributed by atoms with van der Waals surface area (Å²) >= 11 is 1.79. The van der Waals surface area contributed by atoms with Gasteiger partial charge in [-0.3, -0.25) is 0 Å². The standard InChI is InChI=1S/C15H25NOS/c1-2-3-4-12-5-7-13(8-6-12)15-16-14(9-10-17)11-18-15/h11-13,17H,2-10H2,1H3. The van der Waals surface area contributed by atoms with Crippen molar-refractivity contribution in [2.24, 2.45) is 5.92 Å². The molecule has 1 fully saturated rings. The maximum absolute atomic E-state index is 8.92. The van der Waals surface area contributed by atoms with Gasteiger partial charge in [0.2, 0.25) is 0 Å². The Kier molecular flexibility index (Phi) is 5.64. The van der Waals surface area contributed by atoms with Crippen LogP contribution in [0.4, 0.5) is 0 Å². The highest BCUT2D eigenvalue weighted by molar-refractivity contribution is 7.09. The second-order valence-corrected chi connectivity index (χ2v) is 6.40. The number of hydrogen-bond donors (Lipinski definition) is 1. The van der Waals surface area contributed by atoms with Crippen molar-refractivity contribution in [1.29, 1.82) is 0 Å². The van der Waals surface area contributed by atoms with Crippen molar-refractivity contribution in [3.63, 3.8) is 0 Å².